The third kappa shape index (κ3) is 5.26. The summed E-state index contributed by atoms with van der Waals surface area (Å²) < 4.78 is 0. The molecule has 0 saturated carbocycles. The summed E-state index contributed by atoms with van der Waals surface area (Å²) in [5, 5.41) is 0. The van der Waals surface area contributed by atoms with E-state index in [9.17, 15) is 0 Å². The molecule has 160 valence electrons. The van der Waals surface area contributed by atoms with Crippen LogP contribution in [0.5, 0.6) is 0 Å². The summed E-state index contributed by atoms with van der Waals surface area (Å²) in [4.78, 5) is 22.5. The predicted octanol–water partition coefficient (Wildman–Crippen LogP) is 4.32. The van der Waals surface area contributed by atoms with E-state index < -0.39 is 0 Å². The van der Waals surface area contributed by atoms with Gasteiger partial charge in [-0.25, -0.2) is 19.9 Å². The van der Waals surface area contributed by atoms with Crippen LogP contribution >= 0.6 is 0 Å². The van der Waals surface area contributed by atoms with Gasteiger partial charge in [0, 0.05) is 43.5 Å². The minimum Gasteiger partial charge on any atom is -0.367 e. The van der Waals surface area contributed by atoms with Gasteiger partial charge in [-0.2, -0.15) is 0 Å². The molecule has 4 rings (SSSR count). The van der Waals surface area contributed by atoms with E-state index in [2.05, 4.69) is 68.4 Å². The predicted molar refractivity (Wildman–Crippen MR) is 125 cm³/mol. The Hall–Kier alpha value is -3.28. The van der Waals surface area contributed by atoms with E-state index >= 15 is 0 Å². The average Bonchev–Trinajstić information content (AvgIpc) is 2.83. The summed E-state index contributed by atoms with van der Waals surface area (Å²) in [6, 6.07) is 14.3. The topological polar surface area (TPSA) is 58.0 Å². The quantitative estimate of drug-likeness (QED) is 0.574. The van der Waals surface area contributed by atoms with Crippen molar-refractivity contribution >= 4 is 11.5 Å². The van der Waals surface area contributed by atoms with Crippen LogP contribution in [0.4, 0.5) is 5.82 Å². The molecule has 3 aromatic rings. The molecule has 1 aromatic carbocycles. The highest BCUT2D eigenvalue weighted by atomic mass is 15.3. The Labute approximate surface area is 184 Å². The molecule has 0 amide bonds. The molecule has 0 N–H and O–H groups in total. The van der Waals surface area contributed by atoms with Crippen molar-refractivity contribution in [3.05, 3.63) is 73.1 Å². The van der Waals surface area contributed by atoms with Crippen molar-refractivity contribution in [1.29, 1.82) is 0 Å². The first-order valence-electron chi connectivity index (χ1n) is 11.0. The lowest BCUT2D eigenvalue weighted by atomic mass is 10.1. The van der Waals surface area contributed by atoms with E-state index in [0.29, 0.717) is 5.92 Å². The van der Waals surface area contributed by atoms with Gasteiger partial charge < -0.3 is 9.80 Å². The number of piperazine rings is 1. The fraction of sp³-hybridized carbons (Fsp3) is 0.360. The van der Waals surface area contributed by atoms with Gasteiger partial charge in [-0.05, 0) is 24.8 Å². The van der Waals surface area contributed by atoms with Gasteiger partial charge in [-0.1, -0.05) is 50.8 Å². The zero-order valence-electron chi connectivity index (χ0n) is 18.4. The molecule has 0 bridgehead atoms. The molecule has 1 fully saturated rings. The third-order valence-electron chi connectivity index (χ3n) is 5.70. The molecule has 0 atom stereocenters. The summed E-state index contributed by atoms with van der Waals surface area (Å²) in [5.74, 6) is 1.70. The molecule has 1 aliphatic heterocycles. The van der Waals surface area contributed by atoms with Crippen LogP contribution in [-0.4, -0.2) is 51.0 Å². The highest BCUT2D eigenvalue weighted by Gasteiger charge is 2.21. The van der Waals surface area contributed by atoms with E-state index in [0.717, 1.165) is 73.2 Å². The maximum Gasteiger partial charge on any atom is 0.132 e. The van der Waals surface area contributed by atoms with E-state index in [4.69, 9.17) is 0 Å². The standard InChI is InChI=1S/C25H30N6/c1-19(2)9-10-22-15-25(29-17-26-22)31-13-11-30(12-14-31)20(3)23-16-24(28-18-27-23)21-7-5-4-6-8-21/h4-8,15-19H,3,9-14H2,1-2H3. The summed E-state index contributed by atoms with van der Waals surface area (Å²) in [6.45, 7) is 12.4. The normalized spacial score (nSPS) is 14.2. The van der Waals surface area contributed by atoms with E-state index in [-0.39, 0.29) is 0 Å². The minimum atomic E-state index is 0.678. The number of anilines is 1. The van der Waals surface area contributed by atoms with Crippen molar-refractivity contribution in [2.45, 2.75) is 26.7 Å². The SMILES string of the molecule is C=C(c1cc(-c2ccccc2)ncn1)N1CCN(c2cc(CCC(C)C)ncn2)CC1. The Morgan fingerprint density at radius 1 is 0.935 bits per heavy atom. The Balaban J connectivity index is 1.39. The number of nitrogens with zero attached hydrogens (tertiary/aromatic N) is 6. The van der Waals surface area contributed by atoms with Crippen molar-refractivity contribution in [1.82, 2.24) is 24.8 Å². The maximum absolute atomic E-state index is 4.52. The second-order valence-corrected chi connectivity index (χ2v) is 8.38. The Morgan fingerprint density at radius 2 is 1.68 bits per heavy atom. The van der Waals surface area contributed by atoms with Gasteiger partial charge in [0.05, 0.1) is 17.1 Å². The average molecular weight is 415 g/mol. The van der Waals surface area contributed by atoms with E-state index in [1.54, 1.807) is 12.7 Å². The first-order chi connectivity index (χ1) is 15.1. The fourth-order valence-electron chi connectivity index (χ4n) is 3.78. The Bertz CT molecular complexity index is 1010. The molecule has 0 unspecified atom stereocenters. The third-order valence-corrected chi connectivity index (χ3v) is 5.70. The van der Waals surface area contributed by atoms with Crippen LogP contribution in [-0.2, 0) is 6.42 Å². The molecule has 1 saturated heterocycles. The first kappa shape index (κ1) is 21.0. The van der Waals surface area contributed by atoms with Gasteiger partial charge in [0.1, 0.15) is 18.5 Å². The molecule has 6 heteroatoms. The number of rotatable bonds is 7. The highest BCUT2D eigenvalue weighted by Crippen LogP contribution is 2.23. The molecule has 0 aliphatic carbocycles. The van der Waals surface area contributed by atoms with Gasteiger partial charge in [0.25, 0.3) is 0 Å². The van der Waals surface area contributed by atoms with Gasteiger partial charge in [0.2, 0.25) is 0 Å². The molecule has 3 heterocycles. The van der Waals surface area contributed by atoms with Crippen LogP contribution in [0.25, 0.3) is 17.0 Å². The smallest absolute Gasteiger partial charge is 0.132 e. The molecule has 6 nitrogen and oxygen atoms in total. The van der Waals surface area contributed by atoms with Crippen molar-refractivity contribution in [3.8, 4) is 11.3 Å². The van der Waals surface area contributed by atoms with Crippen LogP contribution in [0.15, 0.2) is 61.7 Å². The maximum atomic E-state index is 4.52. The number of aryl methyl sites for hydroxylation is 1. The molecule has 0 radical (unpaired) electrons. The number of aromatic nitrogens is 4. The summed E-state index contributed by atoms with van der Waals surface area (Å²) in [5.41, 5.74) is 4.95. The van der Waals surface area contributed by atoms with E-state index in [1.165, 1.54) is 0 Å². The molecule has 31 heavy (non-hydrogen) atoms. The lowest BCUT2D eigenvalue weighted by molar-refractivity contribution is 0.366. The van der Waals surface area contributed by atoms with Crippen LogP contribution in [0.1, 0.15) is 31.7 Å². The summed E-state index contributed by atoms with van der Waals surface area (Å²) in [6.07, 6.45) is 5.47. The van der Waals surface area contributed by atoms with Gasteiger partial charge >= 0.3 is 0 Å². The summed E-state index contributed by atoms with van der Waals surface area (Å²) >= 11 is 0. The van der Waals surface area contributed by atoms with Gasteiger partial charge in [-0.3, -0.25) is 0 Å². The number of hydrogen-bond donors (Lipinski definition) is 0. The number of hydrogen-bond acceptors (Lipinski definition) is 6. The first-order valence-corrected chi connectivity index (χ1v) is 11.0. The molecule has 0 spiro atoms. The van der Waals surface area contributed by atoms with Gasteiger partial charge in [0.15, 0.2) is 0 Å². The molecular weight excluding hydrogens is 384 g/mol. The largest absolute Gasteiger partial charge is 0.367 e. The zero-order chi connectivity index (χ0) is 21.6. The highest BCUT2D eigenvalue weighted by molar-refractivity contribution is 5.66. The molecular formula is C25H30N6. The Morgan fingerprint density at radius 3 is 2.42 bits per heavy atom. The lowest BCUT2D eigenvalue weighted by Crippen LogP contribution is -2.45. The van der Waals surface area contributed by atoms with Crippen molar-refractivity contribution in [2.24, 2.45) is 5.92 Å². The fourth-order valence-corrected chi connectivity index (χ4v) is 3.78. The van der Waals surface area contributed by atoms with Crippen LogP contribution in [0.3, 0.4) is 0 Å². The van der Waals surface area contributed by atoms with Crippen LogP contribution in [0, 0.1) is 5.92 Å². The van der Waals surface area contributed by atoms with Crippen molar-refractivity contribution < 1.29 is 0 Å². The monoisotopic (exact) mass is 414 g/mol. The van der Waals surface area contributed by atoms with Crippen LogP contribution < -0.4 is 4.90 Å². The van der Waals surface area contributed by atoms with Gasteiger partial charge in [-0.15, -0.1) is 0 Å². The minimum absolute atomic E-state index is 0.678. The zero-order valence-corrected chi connectivity index (χ0v) is 18.4. The Kier molecular flexibility index (Phi) is 6.55. The van der Waals surface area contributed by atoms with Crippen molar-refractivity contribution in [2.75, 3.05) is 31.1 Å². The molecule has 1 aliphatic rings. The summed E-state index contributed by atoms with van der Waals surface area (Å²) in [7, 11) is 0. The van der Waals surface area contributed by atoms with Crippen molar-refractivity contribution in [3.63, 3.8) is 0 Å². The van der Waals surface area contributed by atoms with Crippen LogP contribution in [0.2, 0.25) is 0 Å². The van der Waals surface area contributed by atoms with E-state index in [1.807, 2.05) is 24.3 Å². The molecule has 2 aromatic heterocycles. The second kappa shape index (κ2) is 9.69. The second-order valence-electron chi connectivity index (χ2n) is 8.38. The number of benzene rings is 1. The lowest BCUT2D eigenvalue weighted by Gasteiger charge is -2.37.